The summed E-state index contributed by atoms with van der Waals surface area (Å²) in [7, 11) is 0. The fourth-order valence-electron chi connectivity index (χ4n) is 2.74. The van der Waals surface area contributed by atoms with E-state index in [-0.39, 0.29) is 17.6 Å². The summed E-state index contributed by atoms with van der Waals surface area (Å²) >= 11 is 0. The van der Waals surface area contributed by atoms with Crippen LogP contribution in [-0.4, -0.2) is 46.6 Å². The first-order valence-electron chi connectivity index (χ1n) is 7.91. The Kier molecular flexibility index (Phi) is 5.92. The monoisotopic (exact) mass is 322 g/mol. The van der Waals surface area contributed by atoms with Crippen molar-refractivity contribution in [2.75, 3.05) is 19.7 Å². The second-order valence-electron chi connectivity index (χ2n) is 5.65. The van der Waals surface area contributed by atoms with E-state index in [0.29, 0.717) is 19.7 Å². The van der Waals surface area contributed by atoms with Gasteiger partial charge in [0.2, 0.25) is 5.75 Å². The van der Waals surface area contributed by atoms with Gasteiger partial charge in [-0.3, -0.25) is 14.9 Å². The van der Waals surface area contributed by atoms with Crippen LogP contribution in [0.15, 0.2) is 18.2 Å². The molecular formula is C16H22N2O5. The van der Waals surface area contributed by atoms with Gasteiger partial charge in [0.1, 0.15) is 0 Å². The molecule has 1 aromatic rings. The second kappa shape index (κ2) is 7.92. The van der Waals surface area contributed by atoms with Crippen LogP contribution in [-0.2, 0) is 4.74 Å². The fraction of sp³-hybridized carbons (Fsp3) is 0.562. The van der Waals surface area contributed by atoms with Gasteiger partial charge < -0.3 is 14.7 Å². The summed E-state index contributed by atoms with van der Waals surface area (Å²) in [6.45, 7) is 3.85. The van der Waals surface area contributed by atoms with E-state index < -0.39 is 16.4 Å². The van der Waals surface area contributed by atoms with E-state index >= 15 is 0 Å². The van der Waals surface area contributed by atoms with E-state index in [1.54, 1.807) is 4.90 Å². The van der Waals surface area contributed by atoms with E-state index in [4.69, 9.17) is 4.74 Å². The van der Waals surface area contributed by atoms with E-state index in [9.17, 15) is 20.0 Å². The summed E-state index contributed by atoms with van der Waals surface area (Å²) in [5.41, 5.74) is -0.470. The SMILES string of the molecule is CCCO[C@H]1CCCN(C(=O)c2cccc([N+](=O)[O-])c2O)CC1. The first kappa shape index (κ1) is 17.2. The highest BCUT2D eigenvalue weighted by atomic mass is 16.6. The van der Waals surface area contributed by atoms with Crippen LogP contribution in [0.5, 0.6) is 5.75 Å². The summed E-state index contributed by atoms with van der Waals surface area (Å²) in [5, 5.41) is 20.9. The maximum absolute atomic E-state index is 12.6. The standard InChI is InChI=1S/C16H22N2O5/c1-2-11-23-12-5-4-9-17(10-8-12)16(20)13-6-3-7-14(15(13)19)18(21)22/h3,6-7,12,19H,2,4-5,8-11H2,1H3/t12-/m0/s1. The smallest absolute Gasteiger partial charge is 0.311 e. The summed E-state index contributed by atoms with van der Waals surface area (Å²) in [6, 6.07) is 4.01. The zero-order valence-electron chi connectivity index (χ0n) is 13.2. The lowest BCUT2D eigenvalue weighted by Crippen LogP contribution is -2.32. The Morgan fingerprint density at radius 1 is 1.43 bits per heavy atom. The van der Waals surface area contributed by atoms with Crippen molar-refractivity contribution in [1.82, 2.24) is 4.90 Å². The van der Waals surface area contributed by atoms with Crippen molar-refractivity contribution >= 4 is 11.6 Å². The third kappa shape index (κ3) is 4.19. The van der Waals surface area contributed by atoms with Gasteiger partial charge in [0, 0.05) is 25.8 Å². The van der Waals surface area contributed by atoms with Crippen LogP contribution < -0.4 is 0 Å². The number of carbonyl (C=O) groups excluding carboxylic acids is 1. The molecule has 0 spiro atoms. The first-order valence-corrected chi connectivity index (χ1v) is 7.91. The van der Waals surface area contributed by atoms with Gasteiger partial charge in [-0.1, -0.05) is 13.0 Å². The number of hydrogen-bond donors (Lipinski definition) is 1. The normalized spacial score (nSPS) is 18.5. The number of phenols is 1. The molecule has 7 nitrogen and oxygen atoms in total. The Morgan fingerprint density at radius 2 is 2.22 bits per heavy atom. The second-order valence-corrected chi connectivity index (χ2v) is 5.65. The minimum Gasteiger partial charge on any atom is -0.502 e. The van der Waals surface area contributed by atoms with Gasteiger partial charge in [-0.25, -0.2) is 0 Å². The molecule has 1 saturated heterocycles. The molecule has 126 valence electrons. The molecular weight excluding hydrogens is 300 g/mol. The summed E-state index contributed by atoms with van der Waals surface area (Å²) < 4.78 is 5.74. The average molecular weight is 322 g/mol. The lowest BCUT2D eigenvalue weighted by molar-refractivity contribution is -0.385. The molecule has 0 aliphatic carbocycles. The van der Waals surface area contributed by atoms with Gasteiger partial charge in [-0.2, -0.15) is 0 Å². The van der Waals surface area contributed by atoms with Crippen molar-refractivity contribution in [1.29, 1.82) is 0 Å². The van der Waals surface area contributed by atoms with Crippen LogP contribution in [0.4, 0.5) is 5.69 Å². The zero-order valence-corrected chi connectivity index (χ0v) is 13.2. The summed E-state index contributed by atoms with van der Waals surface area (Å²) in [4.78, 5) is 24.4. The van der Waals surface area contributed by atoms with E-state index in [0.717, 1.165) is 25.7 Å². The molecule has 1 N–H and O–H groups in total. The molecule has 1 amide bonds. The number of aromatic hydroxyl groups is 1. The predicted octanol–water partition coefficient (Wildman–Crippen LogP) is 2.72. The highest BCUT2D eigenvalue weighted by molar-refractivity contribution is 5.98. The Hall–Kier alpha value is -2.15. The molecule has 0 radical (unpaired) electrons. The van der Waals surface area contributed by atoms with Gasteiger partial charge in [0.05, 0.1) is 16.6 Å². The van der Waals surface area contributed by atoms with Crippen LogP contribution in [0.3, 0.4) is 0 Å². The van der Waals surface area contributed by atoms with Crippen molar-refractivity contribution in [3.05, 3.63) is 33.9 Å². The Labute approximate surface area is 135 Å². The molecule has 2 rings (SSSR count). The van der Waals surface area contributed by atoms with Gasteiger partial charge in [0.25, 0.3) is 5.91 Å². The van der Waals surface area contributed by atoms with Crippen molar-refractivity contribution in [2.24, 2.45) is 0 Å². The number of benzene rings is 1. The van der Waals surface area contributed by atoms with E-state index in [1.807, 2.05) is 0 Å². The fourth-order valence-corrected chi connectivity index (χ4v) is 2.74. The maximum Gasteiger partial charge on any atom is 0.311 e. The van der Waals surface area contributed by atoms with Crippen LogP contribution >= 0.6 is 0 Å². The molecule has 1 fully saturated rings. The molecule has 23 heavy (non-hydrogen) atoms. The number of ether oxygens (including phenoxy) is 1. The number of amides is 1. The number of nitro groups is 1. The van der Waals surface area contributed by atoms with Crippen LogP contribution in [0.1, 0.15) is 43.0 Å². The lowest BCUT2D eigenvalue weighted by atomic mass is 10.1. The zero-order chi connectivity index (χ0) is 16.8. The number of carbonyl (C=O) groups is 1. The van der Waals surface area contributed by atoms with E-state index in [1.165, 1.54) is 18.2 Å². The third-order valence-corrected chi connectivity index (χ3v) is 3.96. The van der Waals surface area contributed by atoms with Gasteiger partial charge in [0.15, 0.2) is 0 Å². The van der Waals surface area contributed by atoms with Crippen LogP contribution in [0, 0.1) is 10.1 Å². The Bertz CT molecular complexity index is 576. The van der Waals surface area contributed by atoms with Crippen molar-refractivity contribution in [3.8, 4) is 5.75 Å². The van der Waals surface area contributed by atoms with Crippen molar-refractivity contribution in [3.63, 3.8) is 0 Å². The number of nitrogens with zero attached hydrogens (tertiary/aromatic N) is 2. The first-order chi connectivity index (χ1) is 11.0. The van der Waals surface area contributed by atoms with Crippen molar-refractivity contribution in [2.45, 2.75) is 38.7 Å². The van der Waals surface area contributed by atoms with Crippen LogP contribution in [0.2, 0.25) is 0 Å². The summed E-state index contributed by atoms with van der Waals surface area (Å²) in [6.07, 6.45) is 3.55. The molecule has 1 aliphatic heterocycles. The molecule has 7 heteroatoms. The number of phenolic OH excluding ortho intramolecular Hbond substituents is 1. The molecule has 0 saturated carbocycles. The highest BCUT2D eigenvalue weighted by Crippen LogP contribution is 2.30. The maximum atomic E-state index is 12.6. The number of likely N-dealkylation sites (tertiary alicyclic amines) is 1. The Balaban J connectivity index is 2.09. The van der Waals surface area contributed by atoms with Crippen LogP contribution in [0.25, 0.3) is 0 Å². The molecule has 0 aromatic heterocycles. The molecule has 0 bridgehead atoms. The largest absolute Gasteiger partial charge is 0.502 e. The minimum atomic E-state index is -0.691. The summed E-state index contributed by atoms with van der Waals surface area (Å²) in [5.74, 6) is -0.937. The number of hydrogen-bond acceptors (Lipinski definition) is 5. The third-order valence-electron chi connectivity index (χ3n) is 3.96. The van der Waals surface area contributed by atoms with Crippen molar-refractivity contribution < 1.29 is 19.6 Å². The Morgan fingerprint density at radius 3 is 2.91 bits per heavy atom. The predicted molar refractivity (Wildman–Crippen MR) is 84.5 cm³/mol. The molecule has 1 aliphatic rings. The molecule has 1 atom stereocenters. The number of nitro benzene ring substituents is 1. The average Bonchev–Trinajstić information content (AvgIpc) is 2.77. The van der Waals surface area contributed by atoms with Gasteiger partial charge in [-0.15, -0.1) is 0 Å². The number of rotatable bonds is 5. The van der Waals surface area contributed by atoms with E-state index in [2.05, 4.69) is 6.92 Å². The lowest BCUT2D eigenvalue weighted by Gasteiger charge is -2.21. The van der Waals surface area contributed by atoms with Gasteiger partial charge in [-0.05, 0) is 31.7 Å². The molecule has 0 unspecified atom stereocenters. The topological polar surface area (TPSA) is 92.9 Å². The number of para-hydroxylation sites is 1. The minimum absolute atomic E-state index is 0.0212. The van der Waals surface area contributed by atoms with Gasteiger partial charge >= 0.3 is 5.69 Å². The highest BCUT2D eigenvalue weighted by Gasteiger charge is 2.26. The molecule has 1 heterocycles. The molecule has 1 aromatic carbocycles. The quantitative estimate of drug-likeness (QED) is 0.664.